The molecule has 1 unspecified atom stereocenters. The lowest BCUT2D eigenvalue weighted by molar-refractivity contribution is 0.235. The van der Waals surface area contributed by atoms with E-state index in [-0.39, 0.29) is 0 Å². The third kappa shape index (κ3) is 7.06. The Morgan fingerprint density at radius 1 is 1.03 bits per heavy atom. The van der Waals surface area contributed by atoms with Crippen LogP contribution >= 0.6 is 0 Å². The first-order valence-corrected chi connectivity index (χ1v) is 11.4. The Morgan fingerprint density at radius 3 is 2.43 bits per heavy atom. The maximum atomic E-state index is 5.41. The van der Waals surface area contributed by atoms with E-state index in [0.29, 0.717) is 6.04 Å². The number of hydrogen-bond donors (Lipinski definition) is 2. The molecule has 3 rings (SSSR count). The Labute approximate surface area is 181 Å². The standard InChI is InChI=1S/C23H39N5O2/c1-4-24-23(25-9-13-27-10-6-5-7-11-27)26-20-8-12-28(18-20)17-19-14-21(29-2)16-22(15-19)30-3/h14-16,20H,4-13,17-18H2,1-3H3,(H2,24,25,26). The molecule has 0 spiro atoms. The van der Waals surface area contributed by atoms with Crippen LogP contribution in [-0.2, 0) is 6.54 Å². The fourth-order valence-electron chi connectivity index (χ4n) is 4.31. The van der Waals surface area contributed by atoms with Gasteiger partial charge in [0.1, 0.15) is 11.5 Å². The first kappa shape index (κ1) is 22.7. The summed E-state index contributed by atoms with van der Waals surface area (Å²) in [7, 11) is 3.39. The van der Waals surface area contributed by atoms with Crippen LogP contribution in [0.15, 0.2) is 23.2 Å². The number of aliphatic imine (C=N–C) groups is 1. The van der Waals surface area contributed by atoms with Gasteiger partial charge in [0.25, 0.3) is 0 Å². The summed E-state index contributed by atoms with van der Waals surface area (Å²) in [6.45, 7) is 10.4. The van der Waals surface area contributed by atoms with Crippen LogP contribution in [0.4, 0.5) is 0 Å². The average Bonchev–Trinajstić information content (AvgIpc) is 3.20. The SMILES string of the molecule is CCNC(=NCCN1CCCCC1)NC1CCN(Cc2cc(OC)cc(OC)c2)C1. The van der Waals surface area contributed by atoms with Crippen molar-refractivity contribution < 1.29 is 9.47 Å². The number of rotatable bonds is 9. The van der Waals surface area contributed by atoms with E-state index in [1.165, 1.54) is 37.9 Å². The van der Waals surface area contributed by atoms with E-state index in [4.69, 9.17) is 14.5 Å². The van der Waals surface area contributed by atoms with E-state index >= 15 is 0 Å². The molecule has 2 saturated heterocycles. The molecule has 7 nitrogen and oxygen atoms in total. The topological polar surface area (TPSA) is 61.4 Å². The molecule has 0 bridgehead atoms. The summed E-state index contributed by atoms with van der Waals surface area (Å²) in [4.78, 5) is 9.84. The number of benzene rings is 1. The molecule has 2 aliphatic heterocycles. The van der Waals surface area contributed by atoms with E-state index < -0.39 is 0 Å². The Balaban J connectivity index is 1.48. The van der Waals surface area contributed by atoms with Gasteiger partial charge in [0.05, 0.1) is 20.8 Å². The highest BCUT2D eigenvalue weighted by atomic mass is 16.5. The molecule has 7 heteroatoms. The van der Waals surface area contributed by atoms with Crippen LogP contribution in [0.3, 0.4) is 0 Å². The highest BCUT2D eigenvalue weighted by molar-refractivity contribution is 5.80. The average molecular weight is 418 g/mol. The second-order valence-corrected chi connectivity index (χ2v) is 8.25. The zero-order chi connectivity index (χ0) is 21.2. The Hall–Kier alpha value is -1.99. The van der Waals surface area contributed by atoms with Crippen LogP contribution in [0.25, 0.3) is 0 Å². The van der Waals surface area contributed by atoms with Crippen molar-refractivity contribution in [2.24, 2.45) is 4.99 Å². The predicted molar refractivity (Wildman–Crippen MR) is 123 cm³/mol. The van der Waals surface area contributed by atoms with Crippen LogP contribution in [-0.4, -0.2) is 81.8 Å². The minimum absolute atomic E-state index is 0.422. The van der Waals surface area contributed by atoms with E-state index in [9.17, 15) is 0 Å². The lowest BCUT2D eigenvalue weighted by Gasteiger charge is -2.25. The number of nitrogens with one attached hydrogen (secondary N) is 2. The highest BCUT2D eigenvalue weighted by Gasteiger charge is 2.23. The molecule has 0 aromatic heterocycles. The lowest BCUT2D eigenvalue weighted by Crippen LogP contribution is -2.45. The quantitative estimate of drug-likeness (QED) is 0.475. The van der Waals surface area contributed by atoms with Gasteiger partial charge in [-0.05, 0) is 57.0 Å². The maximum absolute atomic E-state index is 5.41. The van der Waals surface area contributed by atoms with Crippen molar-refractivity contribution in [3.05, 3.63) is 23.8 Å². The molecular weight excluding hydrogens is 378 g/mol. The summed E-state index contributed by atoms with van der Waals surface area (Å²) in [5.41, 5.74) is 1.22. The van der Waals surface area contributed by atoms with E-state index in [1.54, 1.807) is 14.2 Å². The van der Waals surface area contributed by atoms with Gasteiger partial charge in [0, 0.05) is 44.8 Å². The number of hydrogen-bond acceptors (Lipinski definition) is 5. The minimum Gasteiger partial charge on any atom is -0.497 e. The van der Waals surface area contributed by atoms with Crippen LogP contribution < -0.4 is 20.1 Å². The van der Waals surface area contributed by atoms with E-state index in [1.807, 2.05) is 6.07 Å². The maximum Gasteiger partial charge on any atom is 0.191 e. The largest absolute Gasteiger partial charge is 0.497 e. The summed E-state index contributed by atoms with van der Waals surface area (Å²) >= 11 is 0. The van der Waals surface area contributed by atoms with Crippen molar-refractivity contribution in [3.63, 3.8) is 0 Å². The van der Waals surface area contributed by atoms with Crippen molar-refractivity contribution in [2.45, 2.75) is 45.2 Å². The van der Waals surface area contributed by atoms with Crippen molar-refractivity contribution in [1.82, 2.24) is 20.4 Å². The Kier molecular flexibility index (Phi) is 9.08. The molecule has 2 fully saturated rings. The van der Waals surface area contributed by atoms with E-state index in [0.717, 1.165) is 63.1 Å². The number of likely N-dealkylation sites (tertiary alicyclic amines) is 2. The van der Waals surface area contributed by atoms with Gasteiger partial charge >= 0.3 is 0 Å². The summed E-state index contributed by atoms with van der Waals surface area (Å²) in [5.74, 6) is 2.63. The number of ether oxygens (including phenoxy) is 2. The van der Waals surface area contributed by atoms with Crippen LogP contribution in [0.5, 0.6) is 11.5 Å². The second kappa shape index (κ2) is 12.0. The number of piperidine rings is 1. The van der Waals surface area contributed by atoms with Crippen molar-refractivity contribution >= 4 is 5.96 Å². The van der Waals surface area contributed by atoms with Gasteiger partial charge in [-0.15, -0.1) is 0 Å². The lowest BCUT2D eigenvalue weighted by atomic mass is 10.1. The molecule has 168 valence electrons. The molecule has 30 heavy (non-hydrogen) atoms. The zero-order valence-electron chi connectivity index (χ0n) is 19.0. The third-order valence-electron chi connectivity index (χ3n) is 5.91. The van der Waals surface area contributed by atoms with Gasteiger partial charge in [-0.2, -0.15) is 0 Å². The van der Waals surface area contributed by atoms with Crippen LogP contribution in [0.2, 0.25) is 0 Å². The molecule has 1 atom stereocenters. The molecule has 2 heterocycles. The van der Waals surface area contributed by atoms with Gasteiger partial charge in [-0.25, -0.2) is 0 Å². The fraction of sp³-hybridized carbons (Fsp3) is 0.696. The smallest absolute Gasteiger partial charge is 0.191 e. The molecule has 0 radical (unpaired) electrons. The predicted octanol–water partition coefficient (Wildman–Crippen LogP) is 2.32. The minimum atomic E-state index is 0.422. The summed E-state index contributed by atoms with van der Waals surface area (Å²) in [6.07, 6.45) is 5.17. The number of methoxy groups -OCH3 is 2. The normalized spacial score (nSPS) is 20.9. The monoisotopic (exact) mass is 417 g/mol. The van der Waals surface area contributed by atoms with E-state index in [2.05, 4.69) is 39.5 Å². The van der Waals surface area contributed by atoms with Crippen LogP contribution in [0, 0.1) is 0 Å². The third-order valence-corrected chi connectivity index (χ3v) is 5.91. The molecule has 1 aromatic carbocycles. The Morgan fingerprint density at radius 2 is 1.77 bits per heavy atom. The first-order chi connectivity index (χ1) is 14.7. The Bertz CT molecular complexity index is 653. The highest BCUT2D eigenvalue weighted by Crippen LogP contribution is 2.24. The molecule has 0 amide bonds. The first-order valence-electron chi connectivity index (χ1n) is 11.4. The molecule has 0 saturated carbocycles. The van der Waals surface area contributed by atoms with Gasteiger partial charge in [-0.3, -0.25) is 9.89 Å². The van der Waals surface area contributed by atoms with Crippen molar-refractivity contribution in [2.75, 3.05) is 60.0 Å². The zero-order valence-corrected chi connectivity index (χ0v) is 19.0. The second-order valence-electron chi connectivity index (χ2n) is 8.25. The van der Waals surface area contributed by atoms with Gasteiger partial charge in [0.15, 0.2) is 5.96 Å². The van der Waals surface area contributed by atoms with Gasteiger partial charge < -0.3 is 25.0 Å². The van der Waals surface area contributed by atoms with Crippen molar-refractivity contribution in [1.29, 1.82) is 0 Å². The van der Waals surface area contributed by atoms with Gasteiger partial charge in [0.2, 0.25) is 0 Å². The molecule has 2 N–H and O–H groups in total. The molecule has 2 aliphatic rings. The molecule has 0 aliphatic carbocycles. The molecular formula is C23H39N5O2. The van der Waals surface area contributed by atoms with Crippen LogP contribution in [0.1, 0.15) is 38.2 Å². The summed E-state index contributed by atoms with van der Waals surface area (Å²) in [6, 6.07) is 6.52. The van der Waals surface area contributed by atoms with Crippen molar-refractivity contribution in [3.8, 4) is 11.5 Å². The summed E-state index contributed by atoms with van der Waals surface area (Å²) < 4.78 is 10.8. The van der Waals surface area contributed by atoms with Gasteiger partial charge in [-0.1, -0.05) is 6.42 Å². The number of nitrogens with zero attached hydrogens (tertiary/aromatic N) is 3. The summed E-state index contributed by atoms with van der Waals surface area (Å²) in [5, 5.41) is 7.06. The number of guanidine groups is 1. The fourth-order valence-corrected chi connectivity index (χ4v) is 4.31. The molecule has 1 aromatic rings.